The summed E-state index contributed by atoms with van der Waals surface area (Å²) in [6.07, 6.45) is 3.01. The van der Waals surface area contributed by atoms with E-state index in [1.807, 2.05) is 22.9 Å². The topological polar surface area (TPSA) is 28.7 Å². The van der Waals surface area contributed by atoms with Crippen LogP contribution < -0.4 is 0 Å². The van der Waals surface area contributed by atoms with E-state index in [-0.39, 0.29) is 0 Å². The molecule has 52 valence electrons. The standard InChI is InChI=1S/C8H10N2/c1-2-5-10-6-3-4-8(10)7-9/h3-4,6H,2,5H2,1H3. The zero-order valence-electron chi connectivity index (χ0n) is 6.04. The molecule has 0 unspecified atom stereocenters. The summed E-state index contributed by atoms with van der Waals surface area (Å²) in [5.41, 5.74) is 0.752. The fraction of sp³-hybridized carbons (Fsp3) is 0.375. The Morgan fingerprint density at radius 1 is 1.70 bits per heavy atom. The average Bonchev–Trinajstić information content (AvgIpc) is 2.36. The highest BCUT2D eigenvalue weighted by atomic mass is 15.0. The first-order chi connectivity index (χ1) is 4.88. The largest absolute Gasteiger partial charge is 0.339 e. The molecular formula is C8H10N2. The first kappa shape index (κ1) is 6.88. The summed E-state index contributed by atoms with van der Waals surface area (Å²) in [6, 6.07) is 5.85. The Morgan fingerprint density at radius 2 is 2.50 bits per heavy atom. The number of nitriles is 1. The van der Waals surface area contributed by atoms with Crippen LogP contribution in [0.5, 0.6) is 0 Å². The molecule has 0 saturated heterocycles. The van der Waals surface area contributed by atoms with E-state index < -0.39 is 0 Å². The van der Waals surface area contributed by atoms with E-state index in [0.29, 0.717) is 0 Å². The molecule has 1 aromatic rings. The molecule has 0 amide bonds. The van der Waals surface area contributed by atoms with Gasteiger partial charge in [-0.3, -0.25) is 0 Å². The van der Waals surface area contributed by atoms with Gasteiger partial charge in [-0.1, -0.05) is 6.92 Å². The van der Waals surface area contributed by atoms with Crippen molar-refractivity contribution in [1.82, 2.24) is 4.57 Å². The van der Waals surface area contributed by atoms with Crippen molar-refractivity contribution < 1.29 is 0 Å². The molecule has 0 N–H and O–H groups in total. The van der Waals surface area contributed by atoms with Gasteiger partial charge in [0, 0.05) is 12.7 Å². The lowest BCUT2D eigenvalue weighted by Crippen LogP contribution is -1.96. The lowest BCUT2D eigenvalue weighted by Gasteiger charge is -1.98. The summed E-state index contributed by atoms with van der Waals surface area (Å²) >= 11 is 0. The molecule has 2 heteroatoms. The number of rotatable bonds is 2. The summed E-state index contributed by atoms with van der Waals surface area (Å²) in [7, 11) is 0. The summed E-state index contributed by atoms with van der Waals surface area (Å²) in [5, 5.41) is 8.56. The van der Waals surface area contributed by atoms with Crippen LogP contribution in [0.1, 0.15) is 19.0 Å². The molecular weight excluding hydrogens is 124 g/mol. The second-order valence-corrected chi connectivity index (χ2v) is 2.20. The van der Waals surface area contributed by atoms with Gasteiger partial charge in [-0.15, -0.1) is 0 Å². The SMILES string of the molecule is CCCn1cccc1C#N. The van der Waals surface area contributed by atoms with Crippen LogP contribution in [0.4, 0.5) is 0 Å². The Labute approximate surface area is 60.7 Å². The quantitative estimate of drug-likeness (QED) is 0.606. The van der Waals surface area contributed by atoms with Crippen molar-refractivity contribution in [2.75, 3.05) is 0 Å². The molecule has 0 aliphatic heterocycles. The van der Waals surface area contributed by atoms with E-state index in [1.54, 1.807) is 0 Å². The Morgan fingerprint density at radius 3 is 3.10 bits per heavy atom. The fourth-order valence-corrected chi connectivity index (χ4v) is 0.951. The summed E-state index contributed by atoms with van der Waals surface area (Å²) in [6.45, 7) is 3.04. The Bertz CT molecular complexity index is 242. The van der Waals surface area contributed by atoms with E-state index in [4.69, 9.17) is 5.26 Å². The number of nitrogens with zero attached hydrogens (tertiary/aromatic N) is 2. The molecule has 0 aliphatic rings. The monoisotopic (exact) mass is 134 g/mol. The maximum absolute atomic E-state index is 8.56. The van der Waals surface area contributed by atoms with Gasteiger partial charge in [0.25, 0.3) is 0 Å². The molecule has 2 nitrogen and oxygen atoms in total. The minimum atomic E-state index is 0.752. The highest BCUT2D eigenvalue weighted by molar-refractivity contribution is 5.21. The second kappa shape index (κ2) is 3.07. The van der Waals surface area contributed by atoms with Gasteiger partial charge in [0.2, 0.25) is 0 Å². The molecule has 0 saturated carbocycles. The summed E-state index contributed by atoms with van der Waals surface area (Å²) in [5.74, 6) is 0. The third-order valence-corrected chi connectivity index (χ3v) is 1.41. The summed E-state index contributed by atoms with van der Waals surface area (Å²) in [4.78, 5) is 0. The third kappa shape index (κ3) is 1.19. The predicted octanol–water partition coefficient (Wildman–Crippen LogP) is 1.77. The number of hydrogen-bond donors (Lipinski definition) is 0. The van der Waals surface area contributed by atoms with Gasteiger partial charge in [0.05, 0.1) is 0 Å². The zero-order chi connectivity index (χ0) is 7.40. The maximum Gasteiger partial charge on any atom is 0.120 e. The van der Waals surface area contributed by atoms with E-state index in [0.717, 1.165) is 18.7 Å². The molecule has 0 radical (unpaired) electrons. The third-order valence-electron chi connectivity index (χ3n) is 1.41. The van der Waals surface area contributed by atoms with Crippen molar-refractivity contribution >= 4 is 0 Å². The number of aromatic nitrogens is 1. The fourth-order valence-electron chi connectivity index (χ4n) is 0.951. The molecule has 0 fully saturated rings. The van der Waals surface area contributed by atoms with Crippen molar-refractivity contribution in [2.45, 2.75) is 19.9 Å². The maximum atomic E-state index is 8.56. The minimum Gasteiger partial charge on any atom is -0.339 e. The Kier molecular flexibility index (Phi) is 2.11. The Balaban J connectivity index is 2.82. The smallest absolute Gasteiger partial charge is 0.120 e. The van der Waals surface area contributed by atoms with Gasteiger partial charge >= 0.3 is 0 Å². The average molecular weight is 134 g/mol. The minimum absolute atomic E-state index is 0.752. The van der Waals surface area contributed by atoms with Crippen LogP contribution in [0, 0.1) is 11.3 Å². The zero-order valence-corrected chi connectivity index (χ0v) is 6.04. The van der Waals surface area contributed by atoms with Gasteiger partial charge in [0.15, 0.2) is 0 Å². The number of aryl methyl sites for hydroxylation is 1. The highest BCUT2D eigenvalue weighted by Gasteiger charge is 1.95. The molecule has 0 atom stereocenters. The molecule has 0 aliphatic carbocycles. The molecule has 1 aromatic heterocycles. The van der Waals surface area contributed by atoms with Crippen LogP contribution in [0.15, 0.2) is 18.3 Å². The second-order valence-electron chi connectivity index (χ2n) is 2.20. The van der Waals surface area contributed by atoms with Gasteiger partial charge < -0.3 is 4.57 Å². The van der Waals surface area contributed by atoms with Crippen molar-refractivity contribution in [1.29, 1.82) is 5.26 Å². The number of hydrogen-bond acceptors (Lipinski definition) is 1. The predicted molar refractivity (Wildman–Crippen MR) is 39.4 cm³/mol. The van der Waals surface area contributed by atoms with E-state index in [9.17, 15) is 0 Å². The lowest BCUT2D eigenvalue weighted by atomic mass is 10.4. The lowest BCUT2D eigenvalue weighted by molar-refractivity contribution is 0.676. The van der Waals surface area contributed by atoms with Gasteiger partial charge in [-0.25, -0.2) is 0 Å². The Hall–Kier alpha value is -1.23. The first-order valence-electron chi connectivity index (χ1n) is 3.43. The molecule has 0 spiro atoms. The van der Waals surface area contributed by atoms with E-state index in [2.05, 4.69) is 13.0 Å². The van der Waals surface area contributed by atoms with E-state index >= 15 is 0 Å². The van der Waals surface area contributed by atoms with Crippen LogP contribution in [0.25, 0.3) is 0 Å². The molecule has 0 aromatic carbocycles. The van der Waals surface area contributed by atoms with Crippen LogP contribution in [0.2, 0.25) is 0 Å². The van der Waals surface area contributed by atoms with Crippen molar-refractivity contribution in [3.8, 4) is 6.07 Å². The van der Waals surface area contributed by atoms with Crippen LogP contribution in [-0.4, -0.2) is 4.57 Å². The van der Waals surface area contributed by atoms with Crippen LogP contribution in [-0.2, 0) is 6.54 Å². The van der Waals surface area contributed by atoms with Gasteiger partial charge in [-0.05, 0) is 18.6 Å². The van der Waals surface area contributed by atoms with Crippen molar-refractivity contribution in [2.24, 2.45) is 0 Å². The summed E-state index contributed by atoms with van der Waals surface area (Å²) < 4.78 is 1.96. The van der Waals surface area contributed by atoms with Crippen LogP contribution >= 0.6 is 0 Å². The first-order valence-corrected chi connectivity index (χ1v) is 3.43. The molecule has 0 bridgehead atoms. The van der Waals surface area contributed by atoms with Gasteiger partial charge in [-0.2, -0.15) is 5.26 Å². The highest BCUT2D eigenvalue weighted by Crippen LogP contribution is 2.00. The molecule has 10 heavy (non-hydrogen) atoms. The van der Waals surface area contributed by atoms with Crippen molar-refractivity contribution in [3.63, 3.8) is 0 Å². The molecule has 1 heterocycles. The van der Waals surface area contributed by atoms with E-state index in [1.165, 1.54) is 0 Å². The van der Waals surface area contributed by atoms with Crippen LogP contribution in [0.3, 0.4) is 0 Å². The van der Waals surface area contributed by atoms with Gasteiger partial charge in [0.1, 0.15) is 11.8 Å². The molecule has 1 rings (SSSR count). The normalized spacial score (nSPS) is 9.20. The van der Waals surface area contributed by atoms with Crippen molar-refractivity contribution in [3.05, 3.63) is 24.0 Å².